The highest BCUT2D eigenvalue weighted by Gasteiger charge is 2.17. The summed E-state index contributed by atoms with van der Waals surface area (Å²) in [6, 6.07) is 16.9. The first-order valence-corrected chi connectivity index (χ1v) is 9.83. The summed E-state index contributed by atoms with van der Waals surface area (Å²) in [6.07, 6.45) is 1.42. The molecule has 1 aromatic heterocycles. The van der Waals surface area contributed by atoms with E-state index in [1.54, 1.807) is 12.1 Å². The first-order valence-electron chi connectivity index (χ1n) is 9.06. The quantitative estimate of drug-likeness (QED) is 0.302. The Morgan fingerprint density at radius 1 is 1.18 bits per heavy atom. The monoisotopic (exact) mass is 398 g/mol. The minimum atomic E-state index is -0.387. The summed E-state index contributed by atoms with van der Waals surface area (Å²) in [5.74, 6) is 0. The second-order valence-electron chi connectivity index (χ2n) is 6.38. The van der Waals surface area contributed by atoms with Crippen molar-refractivity contribution in [2.75, 3.05) is 13.6 Å². The minimum Gasteiger partial charge on any atom is -0.443 e. The number of nitro groups is 1. The van der Waals surface area contributed by atoms with Crippen LogP contribution in [0, 0.1) is 10.1 Å². The average Bonchev–Trinajstić information content (AvgIpc) is 3.20. The van der Waals surface area contributed by atoms with Crippen LogP contribution in [0.25, 0.3) is 10.6 Å². The van der Waals surface area contributed by atoms with Crippen molar-refractivity contribution in [3.63, 3.8) is 0 Å². The SMILES string of the molecule is CCC(Oc1nsc(-c2ccccc2)n1)N(C)CCc1ccc([N+](=O)[O-])cc1. The molecule has 0 saturated carbocycles. The Bertz CT molecular complexity index is 899. The van der Waals surface area contributed by atoms with Crippen molar-refractivity contribution in [1.82, 2.24) is 14.3 Å². The summed E-state index contributed by atoms with van der Waals surface area (Å²) in [4.78, 5) is 16.9. The predicted molar refractivity (Wildman–Crippen MR) is 109 cm³/mol. The number of nitro benzene ring substituents is 1. The van der Waals surface area contributed by atoms with E-state index in [4.69, 9.17) is 4.74 Å². The molecule has 1 unspecified atom stereocenters. The van der Waals surface area contributed by atoms with Gasteiger partial charge in [-0.15, -0.1) is 4.37 Å². The minimum absolute atomic E-state index is 0.107. The molecule has 0 fully saturated rings. The lowest BCUT2D eigenvalue weighted by molar-refractivity contribution is -0.384. The molecule has 0 aliphatic heterocycles. The van der Waals surface area contributed by atoms with Crippen LogP contribution in [0.1, 0.15) is 18.9 Å². The van der Waals surface area contributed by atoms with Gasteiger partial charge in [-0.25, -0.2) is 0 Å². The highest BCUT2D eigenvalue weighted by Crippen LogP contribution is 2.24. The van der Waals surface area contributed by atoms with Crippen LogP contribution >= 0.6 is 11.5 Å². The van der Waals surface area contributed by atoms with Gasteiger partial charge in [-0.3, -0.25) is 15.0 Å². The molecule has 146 valence electrons. The number of hydrogen-bond acceptors (Lipinski definition) is 7. The topological polar surface area (TPSA) is 81.4 Å². The molecule has 3 aromatic rings. The summed E-state index contributed by atoms with van der Waals surface area (Å²) >= 11 is 1.32. The molecule has 0 N–H and O–H groups in total. The van der Waals surface area contributed by atoms with Crippen molar-refractivity contribution < 1.29 is 9.66 Å². The maximum Gasteiger partial charge on any atom is 0.330 e. The zero-order chi connectivity index (χ0) is 19.9. The van der Waals surface area contributed by atoms with Gasteiger partial charge in [0.2, 0.25) is 0 Å². The van der Waals surface area contributed by atoms with Gasteiger partial charge in [-0.1, -0.05) is 49.4 Å². The van der Waals surface area contributed by atoms with Crippen molar-refractivity contribution >= 4 is 17.2 Å². The second kappa shape index (κ2) is 9.38. The summed E-state index contributed by atoms with van der Waals surface area (Å²) in [5.41, 5.74) is 2.18. The molecule has 28 heavy (non-hydrogen) atoms. The fourth-order valence-corrected chi connectivity index (χ4v) is 3.41. The van der Waals surface area contributed by atoms with Crippen LogP contribution in [0.5, 0.6) is 6.01 Å². The Morgan fingerprint density at radius 3 is 2.54 bits per heavy atom. The highest BCUT2D eigenvalue weighted by molar-refractivity contribution is 7.09. The maximum atomic E-state index is 10.7. The zero-order valence-electron chi connectivity index (χ0n) is 15.8. The summed E-state index contributed by atoms with van der Waals surface area (Å²) < 4.78 is 10.3. The van der Waals surface area contributed by atoms with Crippen LogP contribution in [0.15, 0.2) is 54.6 Å². The molecule has 2 aromatic carbocycles. The average molecular weight is 398 g/mol. The van der Waals surface area contributed by atoms with E-state index in [1.165, 1.54) is 23.7 Å². The van der Waals surface area contributed by atoms with Crippen LogP contribution in [0.4, 0.5) is 5.69 Å². The van der Waals surface area contributed by atoms with Gasteiger partial charge >= 0.3 is 6.01 Å². The second-order valence-corrected chi connectivity index (χ2v) is 7.13. The molecule has 8 heteroatoms. The fraction of sp³-hybridized carbons (Fsp3) is 0.300. The Labute approximate surface area is 167 Å². The Hall–Kier alpha value is -2.84. The normalized spacial score (nSPS) is 12.1. The van der Waals surface area contributed by atoms with Gasteiger partial charge in [0.25, 0.3) is 5.69 Å². The van der Waals surface area contributed by atoms with E-state index in [-0.39, 0.29) is 16.8 Å². The van der Waals surface area contributed by atoms with Gasteiger partial charge < -0.3 is 4.74 Å². The third-order valence-corrected chi connectivity index (χ3v) is 5.16. The van der Waals surface area contributed by atoms with Crippen molar-refractivity contribution in [3.05, 3.63) is 70.3 Å². The molecule has 7 nitrogen and oxygen atoms in total. The molecule has 3 rings (SSSR count). The van der Waals surface area contributed by atoms with E-state index in [0.717, 1.165) is 35.5 Å². The van der Waals surface area contributed by atoms with E-state index >= 15 is 0 Å². The first-order chi connectivity index (χ1) is 13.6. The molecule has 0 amide bonds. The summed E-state index contributed by atoms with van der Waals surface area (Å²) in [5, 5.41) is 11.6. The smallest absolute Gasteiger partial charge is 0.330 e. The van der Waals surface area contributed by atoms with Crippen LogP contribution < -0.4 is 4.74 Å². The summed E-state index contributed by atoms with van der Waals surface area (Å²) in [6.45, 7) is 2.81. The molecule has 0 saturated heterocycles. The van der Waals surface area contributed by atoms with Gasteiger partial charge in [0.15, 0.2) is 6.23 Å². The van der Waals surface area contributed by atoms with E-state index in [1.807, 2.05) is 37.4 Å². The van der Waals surface area contributed by atoms with Gasteiger partial charge in [-0.2, -0.15) is 4.98 Å². The van der Waals surface area contributed by atoms with Gasteiger partial charge in [0.05, 0.1) is 4.92 Å². The lowest BCUT2D eigenvalue weighted by atomic mass is 10.1. The number of nitrogens with zero attached hydrogens (tertiary/aromatic N) is 4. The third kappa shape index (κ3) is 5.11. The van der Waals surface area contributed by atoms with Crippen molar-refractivity contribution in [3.8, 4) is 16.6 Å². The Kier molecular flexibility index (Phi) is 6.67. The number of rotatable bonds is 9. The van der Waals surface area contributed by atoms with Gasteiger partial charge in [0, 0.05) is 24.2 Å². The van der Waals surface area contributed by atoms with E-state index < -0.39 is 0 Å². The molecule has 0 aliphatic carbocycles. The van der Waals surface area contributed by atoms with Crippen LogP contribution in [0.3, 0.4) is 0 Å². The molecular weight excluding hydrogens is 376 g/mol. The molecular formula is C20H22N4O3S. The zero-order valence-corrected chi connectivity index (χ0v) is 16.6. The number of ether oxygens (including phenoxy) is 1. The molecule has 0 radical (unpaired) electrons. The van der Waals surface area contributed by atoms with Gasteiger partial charge in [-0.05, 0) is 37.0 Å². The highest BCUT2D eigenvalue weighted by atomic mass is 32.1. The van der Waals surface area contributed by atoms with E-state index in [2.05, 4.69) is 21.2 Å². The maximum absolute atomic E-state index is 10.7. The van der Waals surface area contributed by atoms with Gasteiger partial charge in [0.1, 0.15) is 5.01 Å². The van der Waals surface area contributed by atoms with E-state index in [9.17, 15) is 10.1 Å². The summed E-state index contributed by atoms with van der Waals surface area (Å²) in [7, 11) is 1.99. The predicted octanol–water partition coefficient (Wildman–Crippen LogP) is 4.40. The number of hydrogen-bond donors (Lipinski definition) is 0. The molecule has 0 aliphatic rings. The van der Waals surface area contributed by atoms with Crippen molar-refractivity contribution in [1.29, 1.82) is 0 Å². The largest absolute Gasteiger partial charge is 0.443 e. The lowest BCUT2D eigenvalue weighted by Crippen LogP contribution is -2.37. The molecule has 0 spiro atoms. The molecule has 1 atom stereocenters. The van der Waals surface area contributed by atoms with Crippen molar-refractivity contribution in [2.24, 2.45) is 0 Å². The van der Waals surface area contributed by atoms with Crippen LogP contribution in [0.2, 0.25) is 0 Å². The third-order valence-electron chi connectivity index (χ3n) is 4.41. The van der Waals surface area contributed by atoms with Crippen molar-refractivity contribution in [2.45, 2.75) is 26.0 Å². The first kappa shape index (κ1) is 19.9. The van der Waals surface area contributed by atoms with Crippen LogP contribution in [-0.2, 0) is 6.42 Å². The lowest BCUT2D eigenvalue weighted by Gasteiger charge is -2.26. The number of likely N-dealkylation sites (N-methyl/N-ethyl adjacent to an activating group) is 1. The number of non-ortho nitro benzene ring substituents is 1. The standard InChI is InChI=1S/C20H22N4O3S/c1-3-18(23(2)14-13-15-9-11-17(12-10-15)24(25)26)27-20-21-19(28-22-20)16-7-5-4-6-8-16/h4-12,18H,3,13-14H2,1-2H3. The van der Waals surface area contributed by atoms with E-state index in [0.29, 0.717) is 6.01 Å². The molecule has 1 heterocycles. The molecule has 0 bridgehead atoms. The Balaban J connectivity index is 1.57. The Morgan fingerprint density at radius 2 is 1.89 bits per heavy atom. The number of benzene rings is 2. The number of aromatic nitrogens is 2. The van der Waals surface area contributed by atoms with Crippen LogP contribution in [-0.4, -0.2) is 39.0 Å². The fourth-order valence-electron chi connectivity index (χ4n) is 2.80.